The lowest BCUT2D eigenvalue weighted by molar-refractivity contribution is -0.124. The molecule has 0 spiro atoms. The van der Waals surface area contributed by atoms with Crippen molar-refractivity contribution in [1.82, 2.24) is 15.5 Å². The Kier molecular flexibility index (Phi) is 6.39. The molecule has 2 fully saturated rings. The van der Waals surface area contributed by atoms with Gasteiger partial charge in [-0.1, -0.05) is 35.7 Å². The first-order valence-corrected chi connectivity index (χ1v) is 9.57. The number of halogens is 2. The average Bonchev–Trinajstić information content (AvgIpc) is 2.61. The van der Waals surface area contributed by atoms with Crippen LogP contribution in [0, 0.1) is 0 Å². The Labute approximate surface area is 153 Å². The molecule has 1 amide bonds. The van der Waals surface area contributed by atoms with Crippen molar-refractivity contribution in [1.29, 1.82) is 0 Å². The van der Waals surface area contributed by atoms with Crippen molar-refractivity contribution in [3.05, 3.63) is 33.8 Å². The third-order valence-electron chi connectivity index (χ3n) is 4.95. The molecule has 0 aromatic heterocycles. The second-order valence-electron chi connectivity index (χ2n) is 6.81. The van der Waals surface area contributed by atoms with Crippen LogP contribution in [-0.2, 0) is 11.3 Å². The first kappa shape index (κ1) is 18.0. The van der Waals surface area contributed by atoms with Crippen LogP contribution in [0.3, 0.4) is 0 Å². The van der Waals surface area contributed by atoms with Crippen LogP contribution >= 0.6 is 23.2 Å². The molecule has 24 heavy (non-hydrogen) atoms. The summed E-state index contributed by atoms with van der Waals surface area (Å²) in [6, 6.07) is 6.12. The molecule has 2 saturated heterocycles. The van der Waals surface area contributed by atoms with Crippen molar-refractivity contribution in [2.75, 3.05) is 19.6 Å². The van der Waals surface area contributed by atoms with Crippen LogP contribution in [0.1, 0.15) is 37.7 Å². The number of likely N-dealkylation sites (tertiary alicyclic amines) is 1. The number of nitrogens with zero attached hydrogens (tertiary/aromatic N) is 1. The number of carbonyl (C=O) groups excluding carboxylic acids is 1. The number of carbonyl (C=O) groups is 1. The van der Waals surface area contributed by atoms with Crippen molar-refractivity contribution in [2.24, 2.45) is 0 Å². The smallest absolute Gasteiger partial charge is 0.237 e. The number of benzene rings is 1. The van der Waals surface area contributed by atoms with Crippen LogP contribution in [0.15, 0.2) is 18.2 Å². The van der Waals surface area contributed by atoms with E-state index in [0.29, 0.717) is 16.1 Å². The fourth-order valence-corrected chi connectivity index (χ4v) is 3.83. The Balaban J connectivity index is 1.43. The fraction of sp³-hybridized carbons (Fsp3) is 0.611. The van der Waals surface area contributed by atoms with E-state index in [1.54, 1.807) is 0 Å². The Morgan fingerprint density at radius 3 is 2.62 bits per heavy atom. The van der Waals surface area contributed by atoms with E-state index in [4.69, 9.17) is 23.2 Å². The molecule has 0 bridgehead atoms. The largest absolute Gasteiger partial charge is 0.352 e. The summed E-state index contributed by atoms with van der Waals surface area (Å²) < 4.78 is 0. The minimum absolute atomic E-state index is 0.00740. The lowest BCUT2D eigenvalue weighted by Gasteiger charge is -2.33. The average molecular weight is 370 g/mol. The minimum atomic E-state index is 0.00740. The molecule has 0 radical (unpaired) electrons. The molecule has 2 aliphatic heterocycles. The summed E-state index contributed by atoms with van der Waals surface area (Å²) in [4.78, 5) is 14.7. The van der Waals surface area contributed by atoms with Gasteiger partial charge in [-0.3, -0.25) is 9.69 Å². The van der Waals surface area contributed by atoms with Gasteiger partial charge in [0.1, 0.15) is 0 Å². The normalized spacial score (nSPS) is 23.2. The summed E-state index contributed by atoms with van der Waals surface area (Å²) in [5, 5.41) is 7.74. The number of amides is 1. The van der Waals surface area contributed by atoms with Gasteiger partial charge in [-0.2, -0.15) is 0 Å². The summed E-state index contributed by atoms with van der Waals surface area (Å²) >= 11 is 12.0. The van der Waals surface area contributed by atoms with Gasteiger partial charge in [0.05, 0.1) is 16.1 Å². The highest BCUT2D eigenvalue weighted by molar-refractivity contribution is 6.42. The Morgan fingerprint density at radius 2 is 1.96 bits per heavy atom. The summed E-state index contributed by atoms with van der Waals surface area (Å²) in [6.07, 6.45) is 5.28. The predicted octanol–water partition coefficient (Wildman–Crippen LogP) is 3.22. The zero-order chi connectivity index (χ0) is 16.9. The van der Waals surface area contributed by atoms with Crippen molar-refractivity contribution >= 4 is 29.1 Å². The third-order valence-corrected chi connectivity index (χ3v) is 5.69. The third kappa shape index (κ3) is 4.85. The topological polar surface area (TPSA) is 44.4 Å². The minimum Gasteiger partial charge on any atom is -0.352 e. The Bertz CT molecular complexity index is 567. The van der Waals surface area contributed by atoms with E-state index < -0.39 is 0 Å². The molecule has 4 nitrogen and oxygen atoms in total. The predicted molar refractivity (Wildman–Crippen MR) is 98.5 cm³/mol. The van der Waals surface area contributed by atoms with Crippen molar-refractivity contribution in [2.45, 2.75) is 50.7 Å². The molecular formula is C18H25Cl2N3O. The molecule has 1 aromatic carbocycles. The fourth-order valence-electron chi connectivity index (χ4n) is 3.51. The van der Waals surface area contributed by atoms with Crippen LogP contribution in [0.25, 0.3) is 0 Å². The second-order valence-corrected chi connectivity index (χ2v) is 7.62. The highest BCUT2D eigenvalue weighted by Crippen LogP contribution is 2.24. The van der Waals surface area contributed by atoms with Crippen LogP contribution in [0.5, 0.6) is 0 Å². The molecular weight excluding hydrogens is 345 g/mol. The maximum absolute atomic E-state index is 12.3. The number of nitrogens with one attached hydrogen (secondary N) is 2. The summed E-state index contributed by atoms with van der Waals surface area (Å²) in [5.41, 5.74) is 1.18. The maximum atomic E-state index is 12.3. The maximum Gasteiger partial charge on any atom is 0.237 e. The van der Waals surface area contributed by atoms with E-state index in [9.17, 15) is 4.79 Å². The Hall–Kier alpha value is -0.810. The van der Waals surface area contributed by atoms with Crippen LogP contribution < -0.4 is 10.6 Å². The number of hydrogen-bond donors (Lipinski definition) is 2. The van der Waals surface area contributed by atoms with Gasteiger partial charge in [0.15, 0.2) is 0 Å². The standard InChI is InChI=1S/C18H25Cl2N3O/c19-15-5-4-13(11-16(15)20)12-23-9-6-14(7-10-23)22-18(24)17-3-1-2-8-21-17/h4-5,11,14,17,21H,1-3,6-10,12H2,(H,22,24)/t17-/m1/s1. The molecule has 2 heterocycles. The van der Waals surface area contributed by atoms with Crippen molar-refractivity contribution < 1.29 is 4.79 Å². The molecule has 132 valence electrons. The lowest BCUT2D eigenvalue weighted by Crippen LogP contribution is -2.52. The van der Waals surface area contributed by atoms with Crippen molar-refractivity contribution in [3.63, 3.8) is 0 Å². The summed E-state index contributed by atoms with van der Waals surface area (Å²) in [6.45, 7) is 3.81. The van der Waals surface area contributed by atoms with E-state index in [2.05, 4.69) is 15.5 Å². The van der Waals surface area contributed by atoms with E-state index >= 15 is 0 Å². The highest BCUT2D eigenvalue weighted by Gasteiger charge is 2.25. The molecule has 3 rings (SSSR count). The summed E-state index contributed by atoms with van der Waals surface area (Å²) in [5.74, 6) is 0.178. The SMILES string of the molecule is O=C(NC1CCN(Cc2ccc(Cl)c(Cl)c2)CC1)[C@H]1CCCCN1. The van der Waals surface area contributed by atoms with Crippen LogP contribution in [-0.4, -0.2) is 42.5 Å². The Morgan fingerprint density at radius 1 is 1.17 bits per heavy atom. The quantitative estimate of drug-likeness (QED) is 0.856. The van der Waals surface area contributed by atoms with Gasteiger partial charge in [-0.15, -0.1) is 0 Å². The second kappa shape index (κ2) is 8.52. The van der Waals surface area contributed by atoms with Gasteiger partial charge in [-0.25, -0.2) is 0 Å². The van der Waals surface area contributed by atoms with Gasteiger partial charge in [-0.05, 0) is 49.9 Å². The first-order chi connectivity index (χ1) is 11.6. The molecule has 0 saturated carbocycles. The molecule has 1 aromatic rings. The summed E-state index contributed by atoms with van der Waals surface area (Å²) in [7, 11) is 0. The highest BCUT2D eigenvalue weighted by atomic mass is 35.5. The number of piperidine rings is 2. The van der Waals surface area contributed by atoms with Gasteiger partial charge in [0.2, 0.25) is 5.91 Å². The van der Waals surface area contributed by atoms with E-state index in [1.807, 2.05) is 18.2 Å². The molecule has 0 aliphatic carbocycles. The molecule has 1 atom stereocenters. The van der Waals surface area contributed by atoms with Crippen LogP contribution in [0.2, 0.25) is 10.0 Å². The number of rotatable bonds is 4. The van der Waals surface area contributed by atoms with E-state index in [-0.39, 0.29) is 11.9 Å². The first-order valence-electron chi connectivity index (χ1n) is 8.82. The zero-order valence-corrected chi connectivity index (χ0v) is 15.4. The van der Waals surface area contributed by atoms with Gasteiger partial charge in [0, 0.05) is 25.7 Å². The van der Waals surface area contributed by atoms with Gasteiger partial charge >= 0.3 is 0 Å². The van der Waals surface area contributed by atoms with Crippen molar-refractivity contribution in [3.8, 4) is 0 Å². The molecule has 2 N–H and O–H groups in total. The lowest BCUT2D eigenvalue weighted by atomic mass is 10.0. The monoisotopic (exact) mass is 369 g/mol. The van der Waals surface area contributed by atoms with E-state index in [0.717, 1.165) is 51.9 Å². The van der Waals surface area contributed by atoms with Gasteiger partial charge < -0.3 is 10.6 Å². The zero-order valence-electron chi connectivity index (χ0n) is 13.9. The molecule has 2 aliphatic rings. The van der Waals surface area contributed by atoms with E-state index in [1.165, 1.54) is 12.0 Å². The molecule has 6 heteroatoms. The van der Waals surface area contributed by atoms with Crippen LogP contribution in [0.4, 0.5) is 0 Å². The number of hydrogen-bond acceptors (Lipinski definition) is 3. The van der Waals surface area contributed by atoms with Gasteiger partial charge in [0.25, 0.3) is 0 Å². The molecule has 0 unspecified atom stereocenters.